The van der Waals surface area contributed by atoms with Gasteiger partial charge in [0.15, 0.2) is 0 Å². The summed E-state index contributed by atoms with van der Waals surface area (Å²) in [6.45, 7) is 2.04. The molecule has 0 aliphatic heterocycles. The zero-order valence-electron chi connectivity index (χ0n) is 9.37. The maximum absolute atomic E-state index is 11.8. The average Bonchev–Trinajstić information content (AvgIpc) is 2.75. The summed E-state index contributed by atoms with van der Waals surface area (Å²) in [5.74, 6) is 0.0363. The lowest BCUT2D eigenvalue weighted by molar-refractivity contribution is -0.115. The van der Waals surface area contributed by atoms with E-state index in [-0.39, 0.29) is 5.91 Å². The molecule has 0 spiro atoms. The Hall–Kier alpha value is -0.880. The highest BCUT2D eigenvalue weighted by atomic mass is 127. The molecule has 1 aromatic heterocycles. The van der Waals surface area contributed by atoms with Gasteiger partial charge in [-0.2, -0.15) is 0 Å². The van der Waals surface area contributed by atoms with E-state index in [0.717, 1.165) is 14.1 Å². The summed E-state index contributed by atoms with van der Waals surface area (Å²) in [5, 5.41) is 4.92. The molecule has 1 aromatic carbocycles. The molecule has 0 unspecified atom stereocenters. The summed E-state index contributed by atoms with van der Waals surface area (Å²) in [7, 11) is 0. The van der Waals surface area contributed by atoms with Gasteiger partial charge in [0.05, 0.1) is 12.1 Å². The van der Waals surface area contributed by atoms with E-state index in [4.69, 9.17) is 0 Å². The van der Waals surface area contributed by atoms with Gasteiger partial charge in [0.1, 0.15) is 0 Å². The first kappa shape index (κ1) is 12.6. The fraction of sp³-hybridized carbons (Fsp3) is 0.154. The van der Waals surface area contributed by atoms with E-state index in [9.17, 15) is 4.79 Å². The second kappa shape index (κ2) is 5.64. The minimum Gasteiger partial charge on any atom is -0.325 e. The highest BCUT2D eigenvalue weighted by Crippen LogP contribution is 2.20. The van der Waals surface area contributed by atoms with Crippen molar-refractivity contribution in [2.45, 2.75) is 13.3 Å². The van der Waals surface area contributed by atoms with Gasteiger partial charge < -0.3 is 5.32 Å². The molecule has 88 valence electrons. The van der Waals surface area contributed by atoms with Crippen molar-refractivity contribution in [2.24, 2.45) is 0 Å². The molecule has 0 atom stereocenters. The Balaban J connectivity index is 2.03. The van der Waals surface area contributed by atoms with Crippen molar-refractivity contribution in [3.63, 3.8) is 0 Å². The summed E-state index contributed by atoms with van der Waals surface area (Å²) in [5.41, 5.74) is 2.09. The van der Waals surface area contributed by atoms with E-state index < -0.39 is 0 Å². The van der Waals surface area contributed by atoms with Gasteiger partial charge in [-0.3, -0.25) is 4.79 Å². The summed E-state index contributed by atoms with van der Waals surface area (Å²) >= 11 is 3.84. The van der Waals surface area contributed by atoms with Crippen LogP contribution in [0, 0.1) is 10.5 Å². The van der Waals surface area contributed by atoms with Crippen LogP contribution in [0.25, 0.3) is 0 Å². The molecule has 1 heterocycles. The van der Waals surface area contributed by atoms with Crippen LogP contribution in [0.5, 0.6) is 0 Å². The second-order valence-electron chi connectivity index (χ2n) is 3.79. The highest BCUT2D eigenvalue weighted by Gasteiger charge is 2.07. The summed E-state index contributed by atoms with van der Waals surface area (Å²) in [6, 6.07) is 9.95. The molecular weight excluding hydrogens is 345 g/mol. The Labute approximate surface area is 118 Å². The molecule has 1 N–H and O–H groups in total. The molecule has 17 heavy (non-hydrogen) atoms. The summed E-state index contributed by atoms with van der Waals surface area (Å²) in [6.07, 6.45) is 0.446. The predicted octanol–water partition coefficient (Wildman–Crippen LogP) is 3.84. The van der Waals surface area contributed by atoms with Crippen LogP contribution in [0.1, 0.15) is 10.4 Å². The zero-order valence-corrected chi connectivity index (χ0v) is 12.3. The van der Waals surface area contributed by atoms with Crippen molar-refractivity contribution in [1.82, 2.24) is 0 Å². The summed E-state index contributed by atoms with van der Waals surface area (Å²) in [4.78, 5) is 12.9. The molecule has 0 saturated carbocycles. The van der Waals surface area contributed by atoms with Crippen LogP contribution in [-0.2, 0) is 11.2 Å². The largest absolute Gasteiger partial charge is 0.325 e. The third-order valence-corrected chi connectivity index (χ3v) is 4.08. The number of nitrogens with one attached hydrogen (secondary N) is 1. The van der Waals surface area contributed by atoms with Crippen LogP contribution < -0.4 is 5.32 Å². The van der Waals surface area contributed by atoms with Crippen LogP contribution in [0.3, 0.4) is 0 Å². The van der Waals surface area contributed by atoms with Crippen molar-refractivity contribution < 1.29 is 4.79 Å². The van der Waals surface area contributed by atoms with Gasteiger partial charge in [-0.1, -0.05) is 12.1 Å². The fourth-order valence-corrected chi connectivity index (χ4v) is 3.00. The van der Waals surface area contributed by atoms with Crippen LogP contribution in [-0.4, -0.2) is 5.91 Å². The van der Waals surface area contributed by atoms with E-state index in [1.165, 1.54) is 5.56 Å². The lowest BCUT2D eigenvalue weighted by atomic mass is 10.2. The molecule has 0 aliphatic rings. The minimum atomic E-state index is 0.0363. The van der Waals surface area contributed by atoms with Crippen LogP contribution >= 0.6 is 33.9 Å². The number of rotatable bonds is 3. The topological polar surface area (TPSA) is 29.1 Å². The van der Waals surface area contributed by atoms with E-state index in [1.54, 1.807) is 11.3 Å². The maximum atomic E-state index is 11.8. The van der Waals surface area contributed by atoms with Crippen LogP contribution in [0.2, 0.25) is 0 Å². The quantitative estimate of drug-likeness (QED) is 0.831. The van der Waals surface area contributed by atoms with E-state index >= 15 is 0 Å². The normalized spacial score (nSPS) is 10.2. The van der Waals surface area contributed by atoms with Crippen molar-refractivity contribution >= 4 is 45.5 Å². The minimum absolute atomic E-state index is 0.0363. The number of aryl methyl sites for hydroxylation is 1. The first-order valence-electron chi connectivity index (χ1n) is 5.23. The number of thiophene rings is 1. The number of anilines is 1. The first-order valence-corrected chi connectivity index (χ1v) is 7.19. The molecule has 2 nitrogen and oxygen atoms in total. The number of benzene rings is 1. The van der Waals surface area contributed by atoms with Gasteiger partial charge in [-0.25, -0.2) is 0 Å². The predicted molar refractivity (Wildman–Crippen MR) is 80.5 cm³/mol. The molecule has 0 bridgehead atoms. The fourth-order valence-electron chi connectivity index (χ4n) is 1.49. The van der Waals surface area contributed by atoms with E-state index in [0.29, 0.717) is 6.42 Å². The van der Waals surface area contributed by atoms with E-state index in [2.05, 4.69) is 34.0 Å². The van der Waals surface area contributed by atoms with Gasteiger partial charge in [0.25, 0.3) is 0 Å². The number of carbonyl (C=O) groups is 1. The molecule has 2 rings (SSSR count). The smallest absolute Gasteiger partial charge is 0.229 e. The number of hydrogen-bond donors (Lipinski definition) is 1. The Morgan fingerprint density at radius 2 is 2.24 bits per heavy atom. The second-order valence-corrected chi connectivity index (χ2v) is 5.98. The van der Waals surface area contributed by atoms with E-state index in [1.807, 2.05) is 36.6 Å². The van der Waals surface area contributed by atoms with Crippen LogP contribution in [0.4, 0.5) is 5.69 Å². The van der Waals surface area contributed by atoms with Crippen LogP contribution in [0.15, 0.2) is 35.7 Å². The Morgan fingerprint density at radius 1 is 1.41 bits per heavy atom. The molecule has 0 fully saturated rings. The average molecular weight is 357 g/mol. The highest BCUT2D eigenvalue weighted by molar-refractivity contribution is 14.1. The number of halogens is 1. The van der Waals surface area contributed by atoms with Gasteiger partial charge in [-0.15, -0.1) is 11.3 Å². The lowest BCUT2D eigenvalue weighted by Gasteiger charge is -2.07. The molecule has 1 amide bonds. The first-order chi connectivity index (χ1) is 8.15. The lowest BCUT2D eigenvalue weighted by Crippen LogP contribution is -2.14. The monoisotopic (exact) mass is 357 g/mol. The van der Waals surface area contributed by atoms with Crippen molar-refractivity contribution in [3.05, 3.63) is 49.7 Å². The Kier molecular flexibility index (Phi) is 4.17. The number of hydrogen-bond acceptors (Lipinski definition) is 2. The summed E-state index contributed by atoms with van der Waals surface area (Å²) < 4.78 is 1.07. The molecule has 4 heteroatoms. The zero-order chi connectivity index (χ0) is 12.3. The molecule has 2 aromatic rings. The Morgan fingerprint density at radius 3 is 2.88 bits per heavy atom. The van der Waals surface area contributed by atoms with Gasteiger partial charge >= 0.3 is 0 Å². The third kappa shape index (κ3) is 3.54. The van der Waals surface area contributed by atoms with Gasteiger partial charge in [-0.05, 0) is 58.7 Å². The number of amides is 1. The molecular formula is C13H12INOS. The van der Waals surface area contributed by atoms with Crippen molar-refractivity contribution in [2.75, 3.05) is 5.32 Å². The number of carbonyl (C=O) groups excluding carboxylic acids is 1. The van der Waals surface area contributed by atoms with Gasteiger partial charge in [0, 0.05) is 8.45 Å². The van der Waals surface area contributed by atoms with Crippen molar-refractivity contribution in [3.8, 4) is 0 Å². The molecule has 0 saturated heterocycles. The third-order valence-electron chi connectivity index (χ3n) is 2.31. The molecule has 0 aliphatic carbocycles. The Bertz CT molecular complexity index is 522. The standard InChI is InChI=1S/C13H12INOS/c1-9-4-5-12(11(14)7-9)15-13(16)8-10-3-2-6-17-10/h2-7H,8H2,1H3,(H,15,16). The van der Waals surface area contributed by atoms with Gasteiger partial charge in [0.2, 0.25) is 5.91 Å². The SMILES string of the molecule is Cc1ccc(NC(=O)Cc2cccs2)c(I)c1. The van der Waals surface area contributed by atoms with Crippen molar-refractivity contribution in [1.29, 1.82) is 0 Å². The molecule has 0 radical (unpaired) electrons. The maximum Gasteiger partial charge on any atom is 0.229 e.